The first-order valence-electron chi connectivity index (χ1n) is 5.87. The average Bonchev–Trinajstić information content (AvgIpc) is 2.60. The van der Waals surface area contributed by atoms with Gasteiger partial charge in [-0.05, 0) is 38.2 Å². The number of anilines is 1. The molecule has 0 amide bonds. The van der Waals surface area contributed by atoms with Gasteiger partial charge in [0, 0.05) is 6.04 Å². The van der Waals surface area contributed by atoms with Crippen molar-refractivity contribution in [1.29, 1.82) is 0 Å². The van der Waals surface area contributed by atoms with Gasteiger partial charge in [-0.3, -0.25) is 0 Å². The van der Waals surface area contributed by atoms with Crippen LogP contribution < -0.4 is 5.32 Å². The number of esters is 1. The number of nitrogens with zero attached hydrogens (tertiary/aromatic N) is 1. The minimum Gasteiger partial charge on any atom is -0.462 e. The maximum atomic E-state index is 11.8. The molecule has 4 nitrogen and oxygen atoms in total. The number of nitrogens with one attached hydrogen (secondary N) is 1. The van der Waals surface area contributed by atoms with Crippen LogP contribution in [-0.4, -0.2) is 23.0 Å². The van der Waals surface area contributed by atoms with E-state index in [2.05, 4.69) is 30.5 Å². The fraction of sp³-hybridized carbons (Fsp3) is 0.667. The van der Waals surface area contributed by atoms with E-state index in [-0.39, 0.29) is 5.97 Å². The molecule has 0 fully saturated rings. The van der Waals surface area contributed by atoms with Gasteiger partial charge in [-0.25, -0.2) is 4.79 Å². The smallest absolute Gasteiger partial charge is 0.343 e. The molecule has 5 heteroatoms. The summed E-state index contributed by atoms with van der Waals surface area (Å²) in [4.78, 5) is 11.8. The molecule has 1 atom stereocenters. The summed E-state index contributed by atoms with van der Waals surface area (Å²) in [6.07, 6.45) is 0. The molecule has 1 N–H and O–H groups in total. The zero-order chi connectivity index (χ0) is 13.0. The number of aryl methyl sites for hydroxylation is 1. The summed E-state index contributed by atoms with van der Waals surface area (Å²) >= 11 is 1.31. The average molecular weight is 256 g/mol. The highest BCUT2D eigenvalue weighted by Crippen LogP contribution is 2.27. The lowest BCUT2D eigenvalue weighted by Crippen LogP contribution is -2.22. The van der Waals surface area contributed by atoms with Crippen LogP contribution in [0.15, 0.2) is 0 Å². The lowest BCUT2D eigenvalue weighted by atomic mass is 10.1. The summed E-state index contributed by atoms with van der Waals surface area (Å²) in [7, 11) is 0. The number of ether oxygens (including phenoxy) is 1. The molecular weight excluding hydrogens is 236 g/mol. The van der Waals surface area contributed by atoms with Crippen molar-refractivity contribution in [2.45, 2.75) is 40.7 Å². The lowest BCUT2D eigenvalue weighted by molar-refractivity contribution is 0.0527. The van der Waals surface area contributed by atoms with E-state index in [0.717, 1.165) is 10.7 Å². The Morgan fingerprint density at radius 2 is 2.12 bits per heavy atom. The second-order valence-corrected chi connectivity index (χ2v) is 5.14. The summed E-state index contributed by atoms with van der Waals surface area (Å²) in [5, 5.41) is 4.13. The molecule has 1 aromatic heterocycles. The second kappa shape index (κ2) is 6.00. The number of hydrogen-bond donors (Lipinski definition) is 1. The SMILES string of the molecule is CCOC(=O)c1c(C)nsc1NC(C)C(C)C. The molecule has 0 saturated carbocycles. The van der Waals surface area contributed by atoms with Crippen molar-refractivity contribution in [3.8, 4) is 0 Å². The van der Waals surface area contributed by atoms with Gasteiger partial charge in [0.1, 0.15) is 10.6 Å². The molecule has 1 heterocycles. The largest absolute Gasteiger partial charge is 0.462 e. The van der Waals surface area contributed by atoms with Crippen molar-refractivity contribution in [1.82, 2.24) is 4.37 Å². The topological polar surface area (TPSA) is 51.2 Å². The van der Waals surface area contributed by atoms with E-state index in [1.54, 1.807) is 6.92 Å². The highest BCUT2D eigenvalue weighted by Gasteiger charge is 2.21. The van der Waals surface area contributed by atoms with Gasteiger partial charge >= 0.3 is 5.97 Å². The number of carbonyl (C=O) groups is 1. The molecule has 0 aromatic carbocycles. The predicted molar refractivity (Wildman–Crippen MR) is 70.7 cm³/mol. The van der Waals surface area contributed by atoms with Gasteiger partial charge in [0.2, 0.25) is 0 Å². The first kappa shape index (κ1) is 14.0. The number of rotatable bonds is 5. The van der Waals surface area contributed by atoms with Gasteiger partial charge in [0.25, 0.3) is 0 Å². The fourth-order valence-electron chi connectivity index (χ4n) is 1.29. The van der Waals surface area contributed by atoms with E-state index in [0.29, 0.717) is 24.1 Å². The minimum absolute atomic E-state index is 0.294. The molecule has 0 saturated heterocycles. The quantitative estimate of drug-likeness (QED) is 0.823. The summed E-state index contributed by atoms with van der Waals surface area (Å²) in [5.41, 5.74) is 1.30. The Bertz CT molecular complexity index is 388. The molecule has 1 unspecified atom stereocenters. The Hall–Kier alpha value is -1.10. The molecule has 17 heavy (non-hydrogen) atoms. The van der Waals surface area contributed by atoms with Gasteiger partial charge < -0.3 is 10.1 Å². The van der Waals surface area contributed by atoms with Crippen LogP contribution in [-0.2, 0) is 4.74 Å². The Balaban J connectivity index is 2.90. The minimum atomic E-state index is -0.294. The van der Waals surface area contributed by atoms with Crippen LogP contribution in [0.2, 0.25) is 0 Å². The maximum absolute atomic E-state index is 11.8. The number of hydrogen-bond acceptors (Lipinski definition) is 5. The lowest BCUT2D eigenvalue weighted by Gasteiger charge is -2.18. The first-order chi connectivity index (χ1) is 7.97. The molecule has 0 bridgehead atoms. The van der Waals surface area contributed by atoms with E-state index in [1.807, 2.05) is 6.92 Å². The molecule has 96 valence electrons. The molecular formula is C12H20N2O2S. The van der Waals surface area contributed by atoms with Crippen molar-refractivity contribution in [3.05, 3.63) is 11.3 Å². The van der Waals surface area contributed by atoms with Gasteiger partial charge in [-0.15, -0.1) is 0 Å². The zero-order valence-corrected chi connectivity index (χ0v) is 11.9. The van der Waals surface area contributed by atoms with Crippen LogP contribution in [0, 0.1) is 12.8 Å². The molecule has 1 rings (SSSR count). The van der Waals surface area contributed by atoms with Crippen molar-refractivity contribution in [3.63, 3.8) is 0 Å². The number of carbonyl (C=O) groups excluding carboxylic acids is 1. The molecule has 0 radical (unpaired) electrons. The molecule has 0 aliphatic heterocycles. The Morgan fingerprint density at radius 3 is 2.65 bits per heavy atom. The fourth-order valence-corrected chi connectivity index (χ4v) is 2.17. The van der Waals surface area contributed by atoms with Crippen LogP contribution in [0.1, 0.15) is 43.7 Å². The van der Waals surface area contributed by atoms with Crippen molar-refractivity contribution in [2.24, 2.45) is 5.92 Å². The third-order valence-corrected chi connectivity index (χ3v) is 3.57. The van der Waals surface area contributed by atoms with Crippen LogP contribution >= 0.6 is 11.5 Å². The molecule has 0 aliphatic rings. The van der Waals surface area contributed by atoms with Gasteiger partial charge in [-0.2, -0.15) is 4.37 Å². The van der Waals surface area contributed by atoms with E-state index in [4.69, 9.17) is 4.74 Å². The third kappa shape index (κ3) is 3.43. The maximum Gasteiger partial charge on any atom is 0.343 e. The molecule has 0 aliphatic carbocycles. The number of aromatic nitrogens is 1. The van der Waals surface area contributed by atoms with Crippen LogP contribution in [0.25, 0.3) is 0 Å². The van der Waals surface area contributed by atoms with Gasteiger partial charge in [0.15, 0.2) is 0 Å². The van der Waals surface area contributed by atoms with E-state index in [1.165, 1.54) is 11.5 Å². The summed E-state index contributed by atoms with van der Waals surface area (Å²) in [6, 6.07) is 0.294. The Labute approximate surface area is 107 Å². The summed E-state index contributed by atoms with van der Waals surface area (Å²) in [6.45, 7) is 10.4. The summed E-state index contributed by atoms with van der Waals surface area (Å²) in [5.74, 6) is 0.199. The standard InChI is InChI=1S/C12H20N2O2S/c1-6-16-12(15)10-9(5)14-17-11(10)13-8(4)7(2)3/h7-8,13H,6H2,1-5H3. The second-order valence-electron chi connectivity index (χ2n) is 4.37. The zero-order valence-electron chi connectivity index (χ0n) is 11.0. The van der Waals surface area contributed by atoms with Crippen molar-refractivity contribution in [2.75, 3.05) is 11.9 Å². The molecule has 1 aromatic rings. The van der Waals surface area contributed by atoms with Crippen LogP contribution in [0.5, 0.6) is 0 Å². The first-order valence-corrected chi connectivity index (χ1v) is 6.64. The Morgan fingerprint density at radius 1 is 1.47 bits per heavy atom. The predicted octanol–water partition coefficient (Wildman–Crippen LogP) is 3.08. The normalized spacial score (nSPS) is 12.6. The Kier molecular flexibility index (Phi) is 4.93. The van der Waals surface area contributed by atoms with Crippen LogP contribution in [0.3, 0.4) is 0 Å². The van der Waals surface area contributed by atoms with E-state index < -0.39 is 0 Å². The van der Waals surface area contributed by atoms with Crippen LogP contribution in [0.4, 0.5) is 5.00 Å². The molecule has 0 spiro atoms. The monoisotopic (exact) mass is 256 g/mol. The van der Waals surface area contributed by atoms with Gasteiger partial charge in [-0.1, -0.05) is 13.8 Å². The highest BCUT2D eigenvalue weighted by molar-refractivity contribution is 7.10. The summed E-state index contributed by atoms with van der Waals surface area (Å²) < 4.78 is 9.25. The van der Waals surface area contributed by atoms with E-state index >= 15 is 0 Å². The third-order valence-electron chi connectivity index (χ3n) is 2.70. The van der Waals surface area contributed by atoms with Crippen molar-refractivity contribution >= 4 is 22.5 Å². The van der Waals surface area contributed by atoms with E-state index in [9.17, 15) is 4.79 Å². The van der Waals surface area contributed by atoms with Crippen molar-refractivity contribution < 1.29 is 9.53 Å². The highest BCUT2D eigenvalue weighted by atomic mass is 32.1. The van der Waals surface area contributed by atoms with Gasteiger partial charge in [0.05, 0.1) is 12.3 Å².